The van der Waals surface area contributed by atoms with Crippen molar-refractivity contribution in [1.29, 1.82) is 0 Å². The summed E-state index contributed by atoms with van der Waals surface area (Å²) in [6.45, 7) is 3.17. The number of rotatable bonds is 3. The second-order valence-corrected chi connectivity index (χ2v) is 5.37. The van der Waals surface area contributed by atoms with E-state index in [1.807, 2.05) is 54.6 Å². The van der Waals surface area contributed by atoms with Gasteiger partial charge in [-0.1, -0.05) is 49.4 Å². The molecule has 0 radical (unpaired) electrons. The van der Waals surface area contributed by atoms with E-state index in [0.29, 0.717) is 13.1 Å². The number of nitrogens with zero attached hydrogens (tertiary/aromatic N) is 1. The van der Waals surface area contributed by atoms with Gasteiger partial charge in [0.1, 0.15) is 11.9 Å². The number of amides is 2. The molecule has 1 aliphatic heterocycles. The predicted octanol–water partition coefficient (Wildman–Crippen LogP) is 3.57. The fourth-order valence-electron chi connectivity index (χ4n) is 2.57. The van der Waals surface area contributed by atoms with E-state index in [9.17, 15) is 4.79 Å². The minimum atomic E-state index is -0.0851. The van der Waals surface area contributed by atoms with Crippen LogP contribution in [0.1, 0.15) is 18.9 Å². The maximum atomic E-state index is 12.6. The molecular formula is C18H20N2O2. The molecule has 2 aromatic carbocycles. The van der Waals surface area contributed by atoms with Crippen LogP contribution in [0.3, 0.4) is 0 Å². The number of urea groups is 1. The van der Waals surface area contributed by atoms with Crippen LogP contribution >= 0.6 is 0 Å². The third kappa shape index (κ3) is 3.06. The molecule has 22 heavy (non-hydrogen) atoms. The van der Waals surface area contributed by atoms with Crippen molar-refractivity contribution in [1.82, 2.24) is 5.32 Å². The molecule has 0 bridgehead atoms. The van der Waals surface area contributed by atoms with Gasteiger partial charge in [0.15, 0.2) is 0 Å². The van der Waals surface area contributed by atoms with E-state index in [1.54, 1.807) is 4.90 Å². The molecule has 4 nitrogen and oxygen atoms in total. The van der Waals surface area contributed by atoms with E-state index in [2.05, 4.69) is 12.2 Å². The summed E-state index contributed by atoms with van der Waals surface area (Å²) in [7, 11) is 0. The Hall–Kier alpha value is -2.49. The van der Waals surface area contributed by atoms with E-state index in [-0.39, 0.29) is 12.1 Å². The first kappa shape index (κ1) is 14.4. The summed E-state index contributed by atoms with van der Waals surface area (Å²) in [5, 5.41) is 2.99. The van der Waals surface area contributed by atoms with Crippen LogP contribution < -0.4 is 15.0 Å². The Kier molecular flexibility index (Phi) is 4.28. The Labute approximate surface area is 130 Å². The van der Waals surface area contributed by atoms with Crippen molar-refractivity contribution >= 4 is 11.7 Å². The molecule has 3 rings (SSSR count). The predicted molar refractivity (Wildman–Crippen MR) is 87.2 cm³/mol. The molecule has 0 spiro atoms. The van der Waals surface area contributed by atoms with Crippen LogP contribution in [0.25, 0.3) is 0 Å². The minimum Gasteiger partial charge on any atom is -0.486 e. The number of ether oxygens (including phenoxy) is 1. The van der Waals surface area contributed by atoms with Crippen molar-refractivity contribution in [2.45, 2.75) is 26.0 Å². The highest BCUT2D eigenvalue weighted by molar-refractivity contribution is 5.94. The lowest BCUT2D eigenvalue weighted by atomic mass is 10.1. The summed E-state index contributed by atoms with van der Waals surface area (Å²) in [4.78, 5) is 14.3. The third-order valence-corrected chi connectivity index (χ3v) is 3.82. The van der Waals surface area contributed by atoms with Gasteiger partial charge in [-0.2, -0.15) is 0 Å². The summed E-state index contributed by atoms with van der Waals surface area (Å²) in [6.07, 6.45) is 0.911. The number of hydrogen-bond acceptors (Lipinski definition) is 2. The van der Waals surface area contributed by atoms with Gasteiger partial charge in [0.2, 0.25) is 0 Å². The number of benzene rings is 2. The molecule has 0 saturated carbocycles. The summed E-state index contributed by atoms with van der Waals surface area (Å²) in [5.41, 5.74) is 1.92. The molecule has 1 aliphatic rings. The van der Waals surface area contributed by atoms with Gasteiger partial charge in [0.25, 0.3) is 0 Å². The molecule has 1 heterocycles. The number of nitrogens with one attached hydrogen (secondary N) is 1. The second kappa shape index (κ2) is 6.52. The van der Waals surface area contributed by atoms with Crippen molar-refractivity contribution in [3.05, 3.63) is 60.2 Å². The first-order valence-corrected chi connectivity index (χ1v) is 7.63. The van der Waals surface area contributed by atoms with Gasteiger partial charge in [0.05, 0.1) is 12.2 Å². The SMILES string of the molecule is CC[C@H]1CN(C(=O)NCc2ccccc2)c2ccccc2O1. The van der Waals surface area contributed by atoms with Crippen LogP contribution in [0.15, 0.2) is 54.6 Å². The van der Waals surface area contributed by atoms with E-state index in [1.165, 1.54) is 0 Å². The van der Waals surface area contributed by atoms with Gasteiger partial charge in [0, 0.05) is 6.54 Å². The summed E-state index contributed by atoms with van der Waals surface area (Å²) < 4.78 is 5.90. The lowest BCUT2D eigenvalue weighted by Crippen LogP contribution is -2.47. The maximum absolute atomic E-state index is 12.6. The van der Waals surface area contributed by atoms with Crippen LogP contribution in [-0.2, 0) is 6.54 Å². The van der Waals surface area contributed by atoms with Crippen LogP contribution in [0.5, 0.6) is 5.75 Å². The summed E-state index contributed by atoms with van der Waals surface area (Å²) in [6, 6.07) is 17.5. The summed E-state index contributed by atoms with van der Waals surface area (Å²) in [5.74, 6) is 0.774. The highest BCUT2D eigenvalue weighted by atomic mass is 16.5. The fourth-order valence-corrected chi connectivity index (χ4v) is 2.57. The first-order chi connectivity index (χ1) is 10.8. The van der Waals surface area contributed by atoms with Crippen molar-refractivity contribution in [3.63, 3.8) is 0 Å². The van der Waals surface area contributed by atoms with Gasteiger partial charge in [-0.05, 0) is 24.1 Å². The minimum absolute atomic E-state index is 0.0392. The fraction of sp³-hybridized carbons (Fsp3) is 0.278. The van der Waals surface area contributed by atoms with Crippen LogP contribution in [0, 0.1) is 0 Å². The zero-order valence-electron chi connectivity index (χ0n) is 12.7. The van der Waals surface area contributed by atoms with Crippen molar-refractivity contribution in [2.75, 3.05) is 11.4 Å². The highest BCUT2D eigenvalue weighted by Gasteiger charge is 2.28. The molecule has 0 aromatic heterocycles. The molecule has 2 aromatic rings. The van der Waals surface area contributed by atoms with E-state index in [0.717, 1.165) is 23.4 Å². The van der Waals surface area contributed by atoms with Gasteiger partial charge >= 0.3 is 6.03 Å². The highest BCUT2D eigenvalue weighted by Crippen LogP contribution is 2.33. The largest absolute Gasteiger partial charge is 0.486 e. The lowest BCUT2D eigenvalue weighted by molar-refractivity contribution is 0.186. The van der Waals surface area contributed by atoms with E-state index >= 15 is 0 Å². The summed E-state index contributed by atoms with van der Waals surface area (Å²) >= 11 is 0. The molecule has 0 aliphatic carbocycles. The third-order valence-electron chi connectivity index (χ3n) is 3.82. The zero-order valence-corrected chi connectivity index (χ0v) is 12.7. The Morgan fingerprint density at radius 3 is 2.68 bits per heavy atom. The topological polar surface area (TPSA) is 41.6 Å². The number of carbonyl (C=O) groups is 1. The Balaban J connectivity index is 1.74. The first-order valence-electron chi connectivity index (χ1n) is 7.63. The second-order valence-electron chi connectivity index (χ2n) is 5.37. The molecule has 4 heteroatoms. The van der Waals surface area contributed by atoms with E-state index < -0.39 is 0 Å². The van der Waals surface area contributed by atoms with Gasteiger partial charge in [-0.25, -0.2) is 4.79 Å². The monoisotopic (exact) mass is 296 g/mol. The van der Waals surface area contributed by atoms with Gasteiger partial charge < -0.3 is 10.1 Å². The van der Waals surface area contributed by atoms with Gasteiger partial charge in [-0.3, -0.25) is 4.90 Å². The molecule has 114 valence electrons. The Morgan fingerprint density at radius 2 is 1.91 bits per heavy atom. The maximum Gasteiger partial charge on any atom is 0.322 e. The molecule has 0 saturated heterocycles. The van der Waals surface area contributed by atoms with Crippen molar-refractivity contribution in [3.8, 4) is 5.75 Å². The number of hydrogen-bond donors (Lipinski definition) is 1. The molecule has 1 N–H and O–H groups in total. The van der Waals surface area contributed by atoms with Crippen LogP contribution in [0.2, 0.25) is 0 Å². The van der Waals surface area contributed by atoms with Crippen LogP contribution in [0.4, 0.5) is 10.5 Å². The van der Waals surface area contributed by atoms with Gasteiger partial charge in [-0.15, -0.1) is 0 Å². The quantitative estimate of drug-likeness (QED) is 0.940. The number of anilines is 1. The molecule has 1 atom stereocenters. The van der Waals surface area contributed by atoms with Crippen molar-refractivity contribution in [2.24, 2.45) is 0 Å². The average molecular weight is 296 g/mol. The number of para-hydroxylation sites is 2. The van der Waals surface area contributed by atoms with Crippen molar-refractivity contribution < 1.29 is 9.53 Å². The smallest absolute Gasteiger partial charge is 0.322 e. The average Bonchev–Trinajstić information content (AvgIpc) is 2.59. The Bertz CT molecular complexity index is 643. The molecule has 2 amide bonds. The Morgan fingerprint density at radius 1 is 1.18 bits per heavy atom. The molecule has 0 fully saturated rings. The molecule has 0 unspecified atom stereocenters. The lowest BCUT2D eigenvalue weighted by Gasteiger charge is -2.34. The van der Waals surface area contributed by atoms with Crippen LogP contribution in [-0.4, -0.2) is 18.7 Å². The zero-order chi connectivity index (χ0) is 15.4. The molecular weight excluding hydrogens is 276 g/mol. The standard InChI is InChI=1S/C18H20N2O2/c1-2-15-13-20(16-10-6-7-11-17(16)22-15)18(21)19-12-14-8-4-3-5-9-14/h3-11,15H,2,12-13H2,1H3,(H,19,21)/t15-/m0/s1. The number of carbonyl (C=O) groups excluding carboxylic acids is 1. The van der Waals surface area contributed by atoms with E-state index in [4.69, 9.17) is 4.74 Å². The number of fused-ring (bicyclic) bond motifs is 1. The normalized spacial score (nSPS) is 16.6.